The second kappa shape index (κ2) is 7.60. The minimum absolute atomic E-state index is 0.179. The van der Waals surface area contributed by atoms with Crippen molar-refractivity contribution in [3.63, 3.8) is 0 Å². The summed E-state index contributed by atoms with van der Waals surface area (Å²) in [5.74, 6) is 1.74. The van der Waals surface area contributed by atoms with Crippen molar-refractivity contribution in [2.45, 2.75) is 64.0 Å². The largest absolute Gasteiger partial charge is 0.444 e. The molecule has 23 heavy (non-hydrogen) atoms. The van der Waals surface area contributed by atoms with E-state index in [1.165, 1.54) is 4.90 Å². The van der Waals surface area contributed by atoms with Gasteiger partial charge in [0.15, 0.2) is 0 Å². The van der Waals surface area contributed by atoms with Crippen LogP contribution < -0.4 is 0 Å². The fourth-order valence-electron chi connectivity index (χ4n) is 2.50. The van der Waals surface area contributed by atoms with Crippen LogP contribution in [0.5, 0.6) is 0 Å². The molecule has 1 aromatic rings. The summed E-state index contributed by atoms with van der Waals surface area (Å²) in [5, 5.41) is 4.38. The Balaban J connectivity index is 1.73. The Morgan fingerprint density at radius 1 is 1.39 bits per heavy atom. The fourth-order valence-corrected chi connectivity index (χ4v) is 3.57. The van der Waals surface area contributed by atoms with Crippen LogP contribution in [-0.4, -0.2) is 45.2 Å². The number of rotatable bonds is 4. The van der Waals surface area contributed by atoms with Crippen LogP contribution in [0.3, 0.4) is 0 Å². The quantitative estimate of drug-likeness (QED) is 0.771. The minimum atomic E-state index is -0.416. The molecule has 6 heteroatoms. The molecule has 0 atom stereocenters. The standard InChI is InChI=1S/C17H29N3O2S/c1-13(2)20-11-15(10-18-20)23-12-14-6-8-19(9-7-14)16(21)22-17(3,4)5/h10-11,13-14H,6-9,12H2,1-5H3. The fraction of sp³-hybridized carbons (Fsp3) is 0.765. The van der Waals surface area contributed by atoms with E-state index < -0.39 is 5.60 Å². The molecule has 5 nitrogen and oxygen atoms in total. The van der Waals surface area contributed by atoms with Gasteiger partial charge in [-0.2, -0.15) is 5.10 Å². The van der Waals surface area contributed by atoms with E-state index in [0.29, 0.717) is 12.0 Å². The molecule has 0 radical (unpaired) electrons. The third-order valence-corrected chi connectivity index (χ3v) is 5.04. The van der Waals surface area contributed by atoms with Crippen molar-refractivity contribution in [1.29, 1.82) is 0 Å². The molecule has 0 aromatic carbocycles. The number of hydrogen-bond acceptors (Lipinski definition) is 4. The molecule has 0 unspecified atom stereocenters. The van der Waals surface area contributed by atoms with Crippen molar-refractivity contribution in [3.05, 3.63) is 12.4 Å². The maximum atomic E-state index is 12.1. The van der Waals surface area contributed by atoms with Gasteiger partial charge < -0.3 is 9.64 Å². The van der Waals surface area contributed by atoms with E-state index in [0.717, 1.165) is 31.7 Å². The Morgan fingerprint density at radius 2 is 2.04 bits per heavy atom. The summed E-state index contributed by atoms with van der Waals surface area (Å²) < 4.78 is 7.43. The van der Waals surface area contributed by atoms with Crippen molar-refractivity contribution in [3.8, 4) is 0 Å². The topological polar surface area (TPSA) is 47.4 Å². The Bertz CT molecular complexity index is 514. The summed E-state index contributed by atoms with van der Waals surface area (Å²) in [7, 11) is 0. The van der Waals surface area contributed by atoms with Crippen LogP contribution in [-0.2, 0) is 4.74 Å². The van der Waals surface area contributed by atoms with Gasteiger partial charge in [0.1, 0.15) is 5.60 Å². The first-order valence-electron chi connectivity index (χ1n) is 8.39. The Morgan fingerprint density at radius 3 is 2.57 bits per heavy atom. The van der Waals surface area contributed by atoms with E-state index in [9.17, 15) is 4.79 Å². The smallest absolute Gasteiger partial charge is 0.410 e. The van der Waals surface area contributed by atoms with Gasteiger partial charge >= 0.3 is 6.09 Å². The molecular formula is C17H29N3O2S. The molecule has 1 aliphatic rings. The molecule has 1 saturated heterocycles. The van der Waals surface area contributed by atoms with E-state index >= 15 is 0 Å². The van der Waals surface area contributed by atoms with E-state index in [-0.39, 0.29) is 6.09 Å². The van der Waals surface area contributed by atoms with Gasteiger partial charge in [0.25, 0.3) is 0 Å². The SMILES string of the molecule is CC(C)n1cc(SCC2CCN(C(=O)OC(C)(C)C)CC2)cn1. The first-order chi connectivity index (χ1) is 10.7. The number of thioether (sulfide) groups is 1. The highest BCUT2D eigenvalue weighted by molar-refractivity contribution is 7.99. The lowest BCUT2D eigenvalue weighted by Gasteiger charge is -2.33. The predicted molar refractivity (Wildman–Crippen MR) is 93.9 cm³/mol. The summed E-state index contributed by atoms with van der Waals surface area (Å²) in [6.45, 7) is 11.6. The molecule has 1 aliphatic heterocycles. The maximum absolute atomic E-state index is 12.1. The van der Waals surface area contributed by atoms with E-state index in [1.54, 1.807) is 0 Å². The molecule has 2 heterocycles. The zero-order valence-corrected chi connectivity index (χ0v) is 15.7. The van der Waals surface area contributed by atoms with Crippen LogP contribution in [0.15, 0.2) is 17.3 Å². The number of aromatic nitrogens is 2. The minimum Gasteiger partial charge on any atom is -0.444 e. The molecule has 130 valence electrons. The van der Waals surface area contributed by atoms with E-state index in [2.05, 4.69) is 25.1 Å². The first kappa shape index (κ1) is 18.2. The van der Waals surface area contributed by atoms with Gasteiger partial charge in [-0.1, -0.05) is 0 Å². The molecule has 0 bridgehead atoms. The van der Waals surface area contributed by atoms with Crippen molar-refractivity contribution >= 4 is 17.9 Å². The van der Waals surface area contributed by atoms with Crippen molar-refractivity contribution < 1.29 is 9.53 Å². The Labute approximate surface area is 143 Å². The third kappa shape index (κ3) is 5.75. The van der Waals surface area contributed by atoms with Crippen LogP contribution in [0.25, 0.3) is 0 Å². The number of hydrogen-bond donors (Lipinski definition) is 0. The monoisotopic (exact) mass is 339 g/mol. The zero-order chi connectivity index (χ0) is 17.0. The van der Waals surface area contributed by atoms with Gasteiger partial charge in [0.2, 0.25) is 0 Å². The highest BCUT2D eigenvalue weighted by Crippen LogP contribution is 2.27. The summed E-state index contributed by atoms with van der Waals surface area (Å²) >= 11 is 1.87. The van der Waals surface area contributed by atoms with E-state index in [1.807, 2.05) is 48.3 Å². The zero-order valence-electron chi connectivity index (χ0n) is 14.9. The number of likely N-dealkylation sites (tertiary alicyclic amines) is 1. The number of piperidine rings is 1. The maximum Gasteiger partial charge on any atom is 0.410 e. The Hall–Kier alpha value is -1.17. The molecular weight excluding hydrogens is 310 g/mol. The van der Waals surface area contributed by atoms with Gasteiger partial charge in [0, 0.05) is 36.0 Å². The summed E-state index contributed by atoms with van der Waals surface area (Å²) in [6, 6.07) is 0.404. The second-order valence-corrected chi connectivity index (χ2v) is 8.56. The predicted octanol–water partition coefficient (Wildman–Crippen LogP) is 4.20. The van der Waals surface area contributed by atoms with Crippen LogP contribution in [0.2, 0.25) is 0 Å². The van der Waals surface area contributed by atoms with Crippen molar-refractivity contribution in [1.82, 2.24) is 14.7 Å². The molecule has 0 saturated carbocycles. The number of ether oxygens (including phenoxy) is 1. The number of amides is 1. The Kier molecular flexibility index (Phi) is 6.00. The average molecular weight is 340 g/mol. The van der Waals surface area contributed by atoms with Gasteiger partial charge in [0.05, 0.1) is 6.20 Å². The van der Waals surface area contributed by atoms with Crippen LogP contribution >= 0.6 is 11.8 Å². The van der Waals surface area contributed by atoms with Gasteiger partial charge in [-0.25, -0.2) is 4.79 Å². The summed E-state index contributed by atoms with van der Waals surface area (Å²) in [5.41, 5.74) is -0.416. The summed E-state index contributed by atoms with van der Waals surface area (Å²) in [6.07, 6.45) is 5.97. The second-order valence-electron chi connectivity index (χ2n) is 7.47. The van der Waals surface area contributed by atoms with Crippen LogP contribution in [0, 0.1) is 5.92 Å². The molecule has 1 amide bonds. The highest BCUT2D eigenvalue weighted by atomic mass is 32.2. The molecule has 1 aromatic heterocycles. The van der Waals surface area contributed by atoms with Gasteiger partial charge in [-0.3, -0.25) is 4.68 Å². The average Bonchev–Trinajstić information content (AvgIpc) is 2.93. The van der Waals surface area contributed by atoms with Crippen molar-refractivity contribution in [2.24, 2.45) is 5.92 Å². The lowest BCUT2D eigenvalue weighted by molar-refractivity contribution is 0.0191. The highest BCUT2D eigenvalue weighted by Gasteiger charge is 2.26. The normalized spacial score (nSPS) is 16.9. The molecule has 0 aliphatic carbocycles. The van der Waals surface area contributed by atoms with Gasteiger partial charge in [-0.05, 0) is 53.4 Å². The van der Waals surface area contributed by atoms with Gasteiger partial charge in [-0.15, -0.1) is 11.8 Å². The third-order valence-electron chi connectivity index (χ3n) is 3.86. The first-order valence-corrected chi connectivity index (χ1v) is 9.38. The molecule has 0 N–H and O–H groups in total. The van der Waals surface area contributed by atoms with Crippen LogP contribution in [0.1, 0.15) is 53.5 Å². The molecule has 2 rings (SSSR count). The van der Waals surface area contributed by atoms with E-state index in [4.69, 9.17) is 4.74 Å². The van der Waals surface area contributed by atoms with Crippen molar-refractivity contribution in [2.75, 3.05) is 18.8 Å². The number of carbonyl (C=O) groups excluding carboxylic acids is 1. The number of carbonyl (C=O) groups is 1. The summed E-state index contributed by atoms with van der Waals surface area (Å²) in [4.78, 5) is 15.1. The van der Waals surface area contributed by atoms with Crippen LogP contribution in [0.4, 0.5) is 4.79 Å². The lowest BCUT2D eigenvalue weighted by Crippen LogP contribution is -2.42. The molecule has 1 fully saturated rings. The molecule has 0 spiro atoms. The lowest BCUT2D eigenvalue weighted by atomic mass is 9.99. The number of nitrogens with zero attached hydrogens (tertiary/aromatic N) is 3.